The molecule has 6 atom stereocenters. The number of hydrogen-bond donors (Lipinski definition) is 2. The van der Waals surface area contributed by atoms with E-state index < -0.39 is 35.8 Å². The number of unbranched alkanes of at least 4 members (excludes halogenated alkanes) is 2. The fourth-order valence-electron chi connectivity index (χ4n) is 4.64. The fraction of sp³-hybridized carbons (Fsp3) is 0.773. The van der Waals surface area contributed by atoms with E-state index in [9.17, 15) is 19.5 Å². The topological polar surface area (TPSA) is 95.9 Å². The molecule has 0 spiro atoms. The summed E-state index contributed by atoms with van der Waals surface area (Å²) in [5, 5.41) is 12.8. The Labute approximate surface area is 173 Å². The van der Waals surface area contributed by atoms with Crippen molar-refractivity contribution in [3.8, 4) is 0 Å². The van der Waals surface area contributed by atoms with E-state index in [1.54, 1.807) is 6.92 Å². The summed E-state index contributed by atoms with van der Waals surface area (Å²) in [5.41, 5.74) is 0. The summed E-state index contributed by atoms with van der Waals surface area (Å²) in [6.45, 7) is 8.20. The number of nitrogens with zero attached hydrogens (tertiary/aromatic N) is 1. The number of hydrogen-bond acceptors (Lipinski definition) is 5. The van der Waals surface area contributed by atoms with Crippen molar-refractivity contribution in [3.05, 3.63) is 12.2 Å². The number of fused-ring (bicyclic) bond motifs is 1. The molecule has 1 aliphatic carbocycles. The quantitative estimate of drug-likeness (QED) is 0.327. The first kappa shape index (κ1) is 23.4. The molecule has 7 heteroatoms. The summed E-state index contributed by atoms with van der Waals surface area (Å²) in [4.78, 5) is 40.7. The highest BCUT2D eigenvalue weighted by atomic mass is 16.5. The molecule has 0 aromatic carbocycles. The van der Waals surface area contributed by atoms with E-state index in [-0.39, 0.29) is 30.9 Å². The minimum absolute atomic E-state index is 0.151. The lowest BCUT2D eigenvalue weighted by atomic mass is 9.70. The number of nitrogens with one attached hydrogen (secondary N) is 1. The van der Waals surface area contributed by atoms with E-state index in [1.807, 2.05) is 26.0 Å². The van der Waals surface area contributed by atoms with Crippen molar-refractivity contribution in [2.75, 3.05) is 19.8 Å². The minimum atomic E-state index is -0.716. The van der Waals surface area contributed by atoms with E-state index in [4.69, 9.17) is 4.74 Å². The molecule has 29 heavy (non-hydrogen) atoms. The predicted molar refractivity (Wildman–Crippen MR) is 110 cm³/mol. The predicted octanol–water partition coefficient (Wildman–Crippen LogP) is 1.89. The second-order valence-corrected chi connectivity index (χ2v) is 8.06. The Hall–Kier alpha value is -1.89. The van der Waals surface area contributed by atoms with Crippen LogP contribution in [-0.2, 0) is 19.1 Å². The number of carbonyl (C=O) groups is 3. The van der Waals surface area contributed by atoms with E-state index >= 15 is 0 Å². The first-order valence-corrected chi connectivity index (χ1v) is 11.0. The lowest BCUT2D eigenvalue weighted by Gasteiger charge is -2.33. The number of rotatable bonds is 10. The number of aliphatic hydroxyl groups excluding tert-OH is 1. The van der Waals surface area contributed by atoms with Gasteiger partial charge in [-0.05, 0) is 25.7 Å². The molecule has 0 radical (unpaired) electrons. The second-order valence-electron chi connectivity index (χ2n) is 8.06. The lowest BCUT2D eigenvalue weighted by Crippen LogP contribution is -2.52. The average molecular weight is 409 g/mol. The van der Waals surface area contributed by atoms with Gasteiger partial charge in [-0.1, -0.05) is 45.8 Å². The number of ether oxygens (including phenoxy) is 1. The van der Waals surface area contributed by atoms with Crippen LogP contribution in [0.5, 0.6) is 0 Å². The highest BCUT2D eigenvalue weighted by Crippen LogP contribution is 2.45. The van der Waals surface area contributed by atoms with E-state index in [2.05, 4.69) is 12.2 Å². The highest BCUT2D eigenvalue weighted by molar-refractivity contribution is 5.96. The third-order valence-electron chi connectivity index (χ3n) is 6.19. The maximum Gasteiger partial charge on any atom is 0.310 e. The molecular formula is C22H36N2O5. The molecule has 0 saturated carbocycles. The second kappa shape index (κ2) is 10.8. The summed E-state index contributed by atoms with van der Waals surface area (Å²) >= 11 is 0. The molecule has 7 nitrogen and oxygen atoms in total. The molecule has 2 N–H and O–H groups in total. The molecule has 164 valence electrons. The summed E-state index contributed by atoms with van der Waals surface area (Å²) in [5.74, 6) is -2.65. The van der Waals surface area contributed by atoms with Crippen molar-refractivity contribution < 1.29 is 24.2 Å². The van der Waals surface area contributed by atoms with Gasteiger partial charge < -0.3 is 20.1 Å². The van der Waals surface area contributed by atoms with Crippen LogP contribution in [0, 0.1) is 23.7 Å². The number of aliphatic hydroxyl groups is 1. The van der Waals surface area contributed by atoms with Crippen molar-refractivity contribution in [1.82, 2.24) is 10.2 Å². The molecule has 2 aliphatic rings. The Bertz CT molecular complexity index is 616. The van der Waals surface area contributed by atoms with E-state index in [1.165, 1.54) is 4.90 Å². The van der Waals surface area contributed by atoms with Gasteiger partial charge in [-0.25, -0.2) is 0 Å². The number of carbonyl (C=O) groups excluding carboxylic acids is 3. The molecule has 2 amide bonds. The zero-order chi connectivity index (χ0) is 21.6. The Morgan fingerprint density at radius 3 is 2.55 bits per heavy atom. The van der Waals surface area contributed by atoms with Crippen LogP contribution in [0.15, 0.2) is 12.2 Å². The Morgan fingerprint density at radius 1 is 1.24 bits per heavy atom. The van der Waals surface area contributed by atoms with Crippen LogP contribution in [0.3, 0.4) is 0 Å². The van der Waals surface area contributed by atoms with Gasteiger partial charge in [0.25, 0.3) is 0 Å². The average Bonchev–Trinajstić information content (AvgIpc) is 2.99. The number of allylic oxidation sites excluding steroid dienone is 1. The molecule has 1 fully saturated rings. The first-order chi connectivity index (χ1) is 13.9. The lowest BCUT2D eigenvalue weighted by molar-refractivity contribution is -0.155. The third-order valence-corrected chi connectivity index (χ3v) is 6.19. The monoisotopic (exact) mass is 408 g/mol. The van der Waals surface area contributed by atoms with Crippen LogP contribution < -0.4 is 5.32 Å². The summed E-state index contributed by atoms with van der Waals surface area (Å²) < 4.78 is 5.25. The highest BCUT2D eigenvalue weighted by Gasteiger charge is 2.58. The molecular weight excluding hydrogens is 372 g/mol. The SMILES string of the molecule is CCCCCNC(=O)[C@@H]1[C@H]2C=C[C@@H](C)[C@@H](C(=O)OCC)[C@H]2C(=O)N1[C@@H](CC)CO. The number of amides is 2. The van der Waals surface area contributed by atoms with Crippen LogP contribution in [0.25, 0.3) is 0 Å². The molecule has 1 aliphatic heterocycles. The van der Waals surface area contributed by atoms with Crippen molar-refractivity contribution in [2.45, 2.75) is 65.5 Å². The maximum atomic E-state index is 13.4. The Kier molecular flexibility index (Phi) is 8.68. The molecule has 0 aromatic rings. The summed E-state index contributed by atoms with van der Waals surface area (Å²) in [6, 6.07) is -1.17. The van der Waals surface area contributed by atoms with Crippen LogP contribution in [-0.4, -0.2) is 59.6 Å². The van der Waals surface area contributed by atoms with Crippen molar-refractivity contribution >= 4 is 17.8 Å². The number of esters is 1. The maximum absolute atomic E-state index is 13.4. The van der Waals surface area contributed by atoms with Gasteiger partial charge in [-0.3, -0.25) is 14.4 Å². The standard InChI is InChI=1S/C22H36N2O5/c1-5-8-9-12-23-20(26)19-16-11-10-14(4)17(22(28)29-7-3)18(16)21(27)24(19)15(6-2)13-25/h10-11,14-19,25H,5-9,12-13H2,1-4H3,(H,23,26)/t14-,15+,16+,17-,18+,19+/m1/s1. The normalized spacial score (nSPS) is 29.5. The smallest absolute Gasteiger partial charge is 0.310 e. The molecule has 0 unspecified atom stereocenters. The van der Waals surface area contributed by atoms with E-state index in [0.717, 1.165) is 19.3 Å². The van der Waals surface area contributed by atoms with E-state index in [0.29, 0.717) is 13.0 Å². The van der Waals surface area contributed by atoms with Gasteiger partial charge in [-0.15, -0.1) is 0 Å². The Balaban J connectivity index is 2.36. The Morgan fingerprint density at radius 2 is 1.97 bits per heavy atom. The van der Waals surface area contributed by atoms with Crippen molar-refractivity contribution in [3.63, 3.8) is 0 Å². The van der Waals surface area contributed by atoms with Gasteiger partial charge in [0.1, 0.15) is 6.04 Å². The van der Waals surface area contributed by atoms with Gasteiger partial charge in [0.05, 0.1) is 31.1 Å². The van der Waals surface area contributed by atoms with Crippen LogP contribution >= 0.6 is 0 Å². The first-order valence-electron chi connectivity index (χ1n) is 11.0. The van der Waals surface area contributed by atoms with Crippen LogP contribution in [0.2, 0.25) is 0 Å². The van der Waals surface area contributed by atoms with Crippen LogP contribution in [0.4, 0.5) is 0 Å². The van der Waals surface area contributed by atoms with Gasteiger partial charge in [-0.2, -0.15) is 0 Å². The molecule has 0 aromatic heterocycles. The largest absolute Gasteiger partial charge is 0.466 e. The zero-order valence-corrected chi connectivity index (χ0v) is 18.1. The summed E-state index contributed by atoms with van der Waals surface area (Å²) in [6.07, 6.45) is 7.31. The molecule has 1 heterocycles. The minimum Gasteiger partial charge on any atom is -0.466 e. The molecule has 0 bridgehead atoms. The van der Waals surface area contributed by atoms with Gasteiger partial charge >= 0.3 is 5.97 Å². The van der Waals surface area contributed by atoms with Crippen molar-refractivity contribution in [1.29, 1.82) is 0 Å². The molecule has 1 saturated heterocycles. The van der Waals surface area contributed by atoms with Crippen molar-refractivity contribution in [2.24, 2.45) is 23.7 Å². The van der Waals surface area contributed by atoms with Gasteiger partial charge in [0, 0.05) is 12.5 Å². The van der Waals surface area contributed by atoms with Gasteiger partial charge in [0.15, 0.2) is 0 Å². The number of likely N-dealkylation sites (tertiary alicyclic amines) is 1. The fourth-order valence-corrected chi connectivity index (χ4v) is 4.64. The molecule has 2 rings (SSSR count). The third kappa shape index (κ3) is 4.82. The summed E-state index contributed by atoms with van der Waals surface area (Å²) in [7, 11) is 0. The van der Waals surface area contributed by atoms with Gasteiger partial charge in [0.2, 0.25) is 11.8 Å². The van der Waals surface area contributed by atoms with Crippen LogP contribution in [0.1, 0.15) is 53.4 Å². The zero-order valence-electron chi connectivity index (χ0n) is 18.1.